The fourth-order valence-corrected chi connectivity index (χ4v) is 5.20. The number of rotatable bonds is 8. The number of H-pyrrole nitrogens is 1. The van der Waals surface area contributed by atoms with E-state index in [-0.39, 0.29) is 13.2 Å². The molecule has 0 bridgehead atoms. The highest BCUT2D eigenvalue weighted by Gasteiger charge is 2.35. The van der Waals surface area contributed by atoms with Crippen LogP contribution in [0.1, 0.15) is 29.3 Å². The van der Waals surface area contributed by atoms with E-state index in [0.29, 0.717) is 40.9 Å². The van der Waals surface area contributed by atoms with Crippen LogP contribution in [-0.2, 0) is 11.2 Å². The predicted octanol–water partition coefficient (Wildman–Crippen LogP) is 6.11. The summed E-state index contributed by atoms with van der Waals surface area (Å²) in [5.74, 6) is 1.01. The lowest BCUT2D eigenvalue weighted by Gasteiger charge is -2.35. The quantitative estimate of drug-likeness (QED) is 0.226. The van der Waals surface area contributed by atoms with E-state index in [0.717, 1.165) is 27.7 Å². The molecule has 0 radical (unpaired) electrons. The number of hydrogen-bond acceptors (Lipinski definition) is 6. The van der Waals surface area contributed by atoms with Crippen LogP contribution in [0.15, 0.2) is 66.7 Å². The molecule has 3 N–H and O–H groups in total. The van der Waals surface area contributed by atoms with Crippen molar-refractivity contribution in [1.82, 2.24) is 15.2 Å². The molecule has 0 saturated carbocycles. The molecule has 2 amide bonds. The van der Waals surface area contributed by atoms with Gasteiger partial charge in [0.25, 0.3) is 0 Å². The first-order valence-electron chi connectivity index (χ1n) is 13.1. The Bertz CT molecular complexity index is 1520. The SMILES string of the molecule is COC(=O)NCC(O)CCOc1ccc(C2c3[nH]c4ccc(Cl)cc4c3CCN2C(=O)Oc2ccc(Cl)cc2)cc1. The van der Waals surface area contributed by atoms with E-state index in [1.54, 1.807) is 29.2 Å². The highest BCUT2D eigenvalue weighted by Crippen LogP contribution is 2.40. The number of alkyl carbamates (subject to hydrolysis) is 1. The standard InChI is InChI=1S/C30H29Cl2N3O6/c1-39-29(37)33-17-21(36)13-15-40-22-7-2-18(3-8-22)28-27-24(25-16-20(32)6-11-26(25)34-27)12-14-35(28)30(38)41-23-9-4-19(31)5-10-23/h2-11,16,21,28,34,36H,12-15,17H2,1H3,(H,33,37). The second-order valence-corrected chi connectivity index (χ2v) is 10.5. The van der Waals surface area contributed by atoms with Crippen LogP contribution >= 0.6 is 23.2 Å². The number of amides is 2. The summed E-state index contributed by atoms with van der Waals surface area (Å²) in [6.07, 6.45) is -0.898. The number of nitrogens with one attached hydrogen (secondary N) is 2. The highest BCUT2D eigenvalue weighted by atomic mass is 35.5. The van der Waals surface area contributed by atoms with Gasteiger partial charge in [-0.3, -0.25) is 4.90 Å². The van der Waals surface area contributed by atoms with E-state index in [2.05, 4.69) is 15.0 Å². The molecule has 2 atom stereocenters. The number of fused-ring (bicyclic) bond motifs is 3. The van der Waals surface area contributed by atoms with E-state index in [1.807, 2.05) is 42.5 Å². The monoisotopic (exact) mass is 597 g/mol. The Morgan fingerprint density at radius 3 is 2.49 bits per heavy atom. The summed E-state index contributed by atoms with van der Waals surface area (Å²) < 4.78 is 16.0. The number of methoxy groups -OCH3 is 1. The van der Waals surface area contributed by atoms with Crippen molar-refractivity contribution in [3.05, 3.63) is 93.6 Å². The summed E-state index contributed by atoms with van der Waals surface area (Å²) in [4.78, 5) is 29.8. The Labute approximate surface area is 246 Å². The number of carbonyl (C=O) groups excluding carboxylic acids is 2. The minimum Gasteiger partial charge on any atom is -0.493 e. The molecular formula is C30H29Cl2N3O6. The summed E-state index contributed by atoms with van der Waals surface area (Å²) in [5, 5.41) is 14.7. The minimum absolute atomic E-state index is 0.0661. The van der Waals surface area contributed by atoms with E-state index >= 15 is 0 Å². The van der Waals surface area contributed by atoms with Crippen LogP contribution in [0.5, 0.6) is 11.5 Å². The van der Waals surface area contributed by atoms with Crippen LogP contribution in [0.3, 0.4) is 0 Å². The second-order valence-electron chi connectivity index (χ2n) is 9.61. The van der Waals surface area contributed by atoms with Crippen molar-refractivity contribution in [3.63, 3.8) is 0 Å². The zero-order valence-corrected chi connectivity index (χ0v) is 23.7. The van der Waals surface area contributed by atoms with Gasteiger partial charge in [-0.25, -0.2) is 9.59 Å². The molecule has 4 aromatic rings. The largest absolute Gasteiger partial charge is 0.493 e. The Balaban J connectivity index is 1.36. The Morgan fingerprint density at radius 1 is 1.05 bits per heavy atom. The van der Waals surface area contributed by atoms with Crippen LogP contribution in [0.4, 0.5) is 9.59 Å². The first-order valence-corrected chi connectivity index (χ1v) is 13.8. The van der Waals surface area contributed by atoms with Gasteiger partial charge in [-0.05, 0) is 72.1 Å². The molecule has 1 aromatic heterocycles. The van der Waals surface area contributed by atoms with Crippen LogP contribution in [0.2, 0.25) is 10.0 Å². The second kappa shape index (κ2) is 12.7. The van der Waals surface area contributed by atoms with Gasteiger partial charge < -0.3 is 29.6 Å². The Kier molecular flexibility index (Phi) is 8.87. The lowest BCUT2D eigenvalue weighted by Crippen LogP contribution is -2.42. The predicted molar refractivity (Wildman–Crippen MR) is 156 cm³/mol. The van der Waals surface area contributed by atoms with Gasteiger partial charge >= 0.3 is 12.2 Å². The fraction of sp³-hybridized carbons (Fsp3) is 0.267. The number of aromatic nitrogens is 1. The van der Waals surface area contributed by atoms with E-state index in [1.165, 1.54) is 7.11 Å². The van der Waals surface area contributed by atoms with Gasteiger partial charge in [-0.2, -0.15) is 0 Å². The Morgan fingerprint density at radius 2 is 1.76 bits per heavy atom. The van der Waals surface area contributed by atoms with Crippen molar-refractivity contribution in [2.24, 2.45) is 0 Å². The minimum atomic E-state index is -0.773. The molecule has 2 heterocycles. The number of nitrogens with zero attached hydrogens (tertiary/aromatic N) is 1. The van der Waals surface area contributed by atoms with Crippen molar-refractivity contribution in [2.75, 3.05) is 26.8 Å². The van der Waals surface area contributed by atoms with Gasteiger partial charge in [0.2, 0.25) is 0 Å². The molecule has 1 aliphatic rings. The van der Waals surface area contributed by atoms with Gasteiger partial charge in [-0.15, -0.1) is 0 Å². The van der Waals surface area contributed by atoms with Crippen LogP contribution in [0, 0.1) is 0 Å². The zero-order chi connectivity index (χ0) is 28.9. The zero-order valence-electron chi connectivity index (χ0n) is 22.2. The number of aliphatic hydroxyl groups excluding tert-OH is 1. The molecule has 0 aliphatic carbocycles. The third kappa shape index (κ3) is 6.70. The molecular weight excluding hydrogens is 569 g/mol. The fourth-order valence-electron chi connectivity index (χ4n) is 4.90. The third-order valence-electron chi connectivity index (χ3n) is 6.93. The maximum Gasteiger partial charge on any atom is 0.416 e. The normalized spacial score (nSPS) is 15.2. The summed E-state index contributed by atoms with van der Waals surface area (Å²) in [7, 11) is 1.26. The smallest absolute Gasteiger partial charge is 0.416 e. The maximum atomic E-state index is 13.5. The molecule has 0 spiro atoms. The first-order chi connectivity index (χ1) is 19.8. The van der Waals surface area contributed by atoms with E-state index in [4.69, 9.17) is 32.7 Å². The lowest BCUT2D eigenvalue weighted by molar-refractivity contribution is 0.127. The van der Waals surface area contributed by atoms with Gasteiger partial charge in [0.1, 0.15) is 17.5 Å². The van der Waals surface area contributed by atoms with Crippen molar-refractivity contribution in [2.45, 2.75) is 25.0 Å². The molecule has 0 saturated heterocycles. The van der Waals surface area contributed by atoms with Gasteiger partial charge in [0.15, 0.2) is 0 Å². The third-order valence-corrected chi connectivity index (χ3v) is 7.41. The molecule has 214 valence electrons. The molecule has 41 heavy (non-hydrogen) atoms. The van der Waals surface area contributed by atoms with Crippen LogP contribution in [0.25, 0.3) is 10.9 Å². The van der Waals surface area contributed by atoms with Crippen molar-refractivity contribution in [1.29, 1.82) is 0 Å². The first kappa shape index (κ1) is 28.6. The molecule has 9 nitrogen and oxygen atoms in total. The van der Waals surface area contributed by atoms with E-state index in [9.17, 15) is 14.7 Å². The highest BCUT2D eigenvalue weighted by molar-refractivity contribution is 6.31. The number of carbonyl (C=O) groups is 2. The van der Waals surface area contributed by atoms with Crippen LogP contribution < -0.4 is 14.8 Å². The number of benzene rings is 3. The number of aromatic amines is 1. The summed E-state index contributed by atoms with van der Waals surface area (Å²) in [6.45, 7) is 0.759. The maximum absolute atomic E-state index is 13.5. The molecule has 5 rings (SSSR count). The van der Waals surface area contributed by atoms with E-state index < -0.39 is 24.3 Å². The molecule has 1 aliphatic heterocycles. The average Bonchev–Trinajstić information content (AvgIpc) is 3.34. The summed E-state index contributed by atoms with van der Waals surface area (Å²) >= 11 is 12.3. The van der Waals surface area contributed by atoms with Gasteiger partial charge in [0, 0.05) is 46.2 Å². The number of hydrogen-bond donors (Lipinski definition) is 3. The topological polar surface area (TPSA) is 113 Å². The van der Waals surface area contributed by atoms with Crippen LogP contribution in [-0.4, -0.2) is 60.1 Å². The van der Waals surface area contributed by atoms with Crippen molar-refractivity contribution >= 4 is 46.3 Å². The summed E-state index contributed by atoms with van der Waals surface area (Å²) in [6, 6.07) is 19.4. The summed E-state index contributed by atoms with van der Waals surface area (Å²) in [5.41, 5.74) is 3.82. The van der Waals surface area contributed by atoms with Gasteiger partial charge in [0.05, 0.1) is 19.8 Å². The lowest BCUT2D eigenvalue weighted by atomic mass is 9.92. The molecule has 3 aromatic carbocycles. The molecule has 11 heteroatoms. The van der Waals surface area contributed by atoms with Gasteiger partial charge in [-0.1, -0.05) is 35.3 Å². The average molecular weight is 598 g/mol. The van der Waals surface area contributed by atoms with Crippen molar-refractivity contribution in [3.8, 4) is 11.5 Å². The molecule has 0 fully saturated rings. The number of aliphatic hydroxyl groups is 1. The Hall–Kier alpha value is -3.92. The molecule has 2 unspecified atom stereocenters. The number of ether oxygens (including phenoxy) is 3. The van der Waals surface area contributed by atoms with Crippen molar-refractivity contribution < 1.29 is 28.9 Å². The number of halogens is 2.